The molecule has 1 fully saturated rings. The van der Waals surface area contributed by atoms with E-state index in [9.17, 15) is 4.79 Å². The molecule has 2 rings (SSSR count). The second-order valence-electron chi connectivity index (χ2n) is 5.61. The quantitative estimate of drug-likeness (QED) is 0.825. The molecule has 1 aromatic carbocycles. The number of benzene rings is 1. The maximum Gasteiger partial charge on any atom is 0.237 e. The van der Waals surface area contributed by atoms with E-state index in [0.29, 0.717) is 6.42 Å². The van der Waals surface area contributed by atoms with E-state index >= 15 is 0 Å². The first-order chi connectivity index (χ1) is 9.15. The van der Waals surface area contributed by atoms with E-state index in [2.05, 4.69) is 24.4 Å². The van der Waals surface area contributed by atoms with Crippen LogP contribution in [-0.2, 0) is 11.2 Å². The van der Waals surface area contributed by atoms with Gasteiger partial charge in [-0.25, -0.2) is 0 Å². The van der Waals surface area contributed by atoms with Crippen LogP contribution in [0.5, 0.6) is 0 Å². The molecule has 0 radical (unpaired) electrons. The van der Waals surface area contributed by atoms with Crippen LogP contribution in [0.3, 0.4) is 0 Å². The van der Waals surface area contributed by atoms with Crippen LogP contribution in [0, 0.1) is 0 Å². The molecule has 19 heavy (non-hydrogen) atoms. The molecule has 3 heteroatoms. The molecule has 0 aliphatic heterocycles. The van der Waals surface area contributed by atoms with Crippen molar-refractivity contribution in [3.8, 4) is 0 Å². The first-order valence-corrected chi connectivity index (χ1v) is 7.27. The topological polar surface area (TPSA) is 55.1 Å². The van der Waals surface area contributed by atoms with Crippen LogP contribution in [0.1, 0.15) is 44.6 Å². The number of carbonyl (C=O) groups is 1. The third-order valence-electron chi connectivity index (χ3n) is 4.30. The lowest BCUT2D eigenvalue weighted by Crippen LogP contribution is -2.57. The zero-order chi connectivity index (χ0) is 13.7. The molecule has 0 spiro atoms. The molecule has 1 aromatic rings. The summed E-state index contributed by atoms with van der Waals surface area (Å²) in [6.07, 6.45) is 5.98. The van der Waals surface area contributed by atoms with Gasteiger partial charge in [0, 0.05) is 5.54 Å². The Hall–Kier alpha value is -1.35. The standard InChI is InChI=1S/C16H24N2O/c1-2-16(11-6-12-16)18-15(19)14(17)10-9-13-7-4-3-5-8-13/h3-5,7-8,14H,2,6,9-12,17H2,1H3,(H,18,19). The zero-order valence-electron chi connectivity index (χ0n) is 11.7. The predicted molar refractivity (Wildman–Crippen MR) is 77.8 cm³/mol. The molecule has 0 aromatic heterocycles. The second kappa shape index (κ2) is 6.20. The molecule has 1 amide bonds. The summed E-state index contributed by atoms with van der Waals surface area (Å²) in [6, 6.07) is 9.78. The number of hydrogen-bond acceptors (Lipinski definition) is 2. The minimum absolute atomic E-state index is 0.0116. The molecular weight excluding hydrogens is 236 g/mol. The van der Waals surface area contributed by atoms with Gasteiger partial charge in [-0.05, 0) is 44.1 Å². The highest BCUT2D eigenvalue weighted by Crippen LogP contribution is 2.34. The van der Waals surface area contributed by atoms with Crippen LogP contribution in [0.4, 0.5) is 0 Å². The van der Waals surface area contributed by atoms with Gasteiger partial charge in [-0.15, -0.1) is 0 Å². The Kier molecular flexibility index (Phi) is 4.59. The lowest BCUT2D eigenvalue weighted by molar-refractivity contribution is -0.125. The maximum atomic E-state index is 12.1. The number of rotatable bonds is 6. The van der Waals surface area contributed by atoms with E-state index in [1.807, 2.05) is 18.2 Å². The van der Waals surface area contributed by atoms with Gasteiger partial charge in [0.05, 0.1) is 6.04 Å². The Morgan fingerprint density at radius 3 is 2.58 bits per heavy atom. The largest absolute Gasteiger partial charge is 0.349 e. The smallest absolute Gasteiger partial charge is 0.237 e. The van der Waals surface area contributed by atoms with Crippen LogP contribution in [0.25, 0.3) is 0 Å². The van der Waals surface area contributed by atoms with E-state index in [1.54, 1.807) is 0 Å². The Morgan fingerprint density at radius 2 is 2.05 bits per heavy atom. The fraction of sp³-hybridized carbons (Fsp3) is 0.562. The van der Waals surface area contributed by atoms with Gasteiger partial charge in [0.2, 0.25) is 5.91 Å². The summed E-state index contributed by atoms with van der Waals surface area (Å²) in [6.45, 7) is 2.13. The van der Waals surface area contributed by atoms with Gasteiger partial charge in [-0.2, -0.15) is 0 Å². The number of amides is 1. The summed E-state index contributed by atoms with van der Waals surface area (Å²) in [4.78, 5) is 12.1. The monoisotopic (exact) mass is 260 g/mol. The van der Waals surface area contributed by atoms with Crippen LogP contribution < -0.4 is 11.1 Å². The van der Waals surface area contributed by atoms with Crippen molar-refractivity contribution in [2.75, 3.05) is 0 Å². The minimum Gasteiger partial charge on any atom is -0.349 e. The molecule has 1 aliphatic rings. The van der Waals surface area contributed by atoms with Crippen molar-refractivity contribution in [3.63, 3.8) is 0 Å². The average molecular weight is 260 g/mol. The average Bonchev–Trinajstić information content (AvgIpc) is 2.41. The minimum atomic E-state index is -0.399. The van der Waals surface area contributed by atoms with Crippen molar-refractivity contribution in [2.24, 2.45) is 5.73 Å². The van der Waals surface area contributed by atoms with Crippen LogP contribution in [-0.4, -0.2) is 17.5 Å². The SMILES string of the molecule is CCC1(NC(=O)C(N)CCc2ccccc2)CCC1. The maximum absolute atomic E-state index is 12.1. The van der Waals surface area contributed by atoms with Crippen molar-refractivity contribution in [1.29, 1.82) is 0 Å². The summed E-state index contributed by atoms with van der Waals surface area (Å²) < 4.78 is 0. The van der Waals surface area contributed by atoms with Gasteiger partial charge < -0.3 is 11.1 Å². The predicted octanol–water partition coefficient (Wildman–Crippen LogP) is 2.40. The summed E-state index contributed by atoms with van der Waals surface area (Å²) in [7, 11) is 0. The molecule has 1 atom stereocenters. The van der Waals surface area contributed by atoms with Gasteiger partial charge in [0.15, 0.2) is 0 Å². The first kappa shape index (κ1) is 14.1. The Morgan fingerprint density at radius 1 is 1.37 bits per heavy atom. The van der Waals surface area contributed by atoms with Crippen molar-refractivity contribution in [1.82, 2.24) is 5.32 Å². The number of aryl methyl sites for hydroxylation is 1. The summed E-state index contributed by atoms with van der Waals surface area (Å²) in [5.41, 5.74) is 7.27. The Balaban J connectivity index is 1.79. The Labute approximate surface area is 115 Å². The van der Waals surface area contributed by atoms with Crippen LogP contribution >= 0.6 is 0 Å². The van der Waals surface area contributed by atoms with Gasteiger partial charge in [0.1, 0.15) is 0 Å². The van der Waals surface area contributed by atoms with Crippen LogP contribution in [0.2, 0.25) is 0 Å². The number of carbonyl (C=O) groups excluding carboxylic acids is 1. The highest BCUT2D eigenvalue weighted by molar-refractivity contribution is 5.82. The third-order valence-corrected chi connectivity index (χ3v) is 4.30. The summed E-state index contributed by atoms with van der Waals surface area (Å²) in [5.74, 6) is 0.0116. The highest BCUT2D eigenvalue weighted by Gasteiger charge is 2.37. The van der Waals surface area contributed by atoms with E-state index in [4.69, 9.17) is 5.73 Å². The van der Waals surface area contributed by atoms with Crippen molar-refractivity contribution >= 4 is 5.91 Å². The normalized spacial score (nSPS) is 18.4. The Bertz CT molecular complexity index is 407. The number of nitrogens with one attached hydrogen (secondary N) is 1. The summed E-state index contributed by atoms with van der Waals surface area (Å²) in [5, 5.41) is 3.15. The van der Waals surface area contributed by atoms with E-state index in [0.717, 1.165) is 25.7 Å². The van der Waals surface area contributed by atoms with Crippen molar-refractivity contribution < 1.29 is 4.79 Å². The molecule has 0 bridgehead atoms. The fourth-order valence-electron chi connectivity index (χ4n) is 2.62. The molecule has 0 saturated heterocycles. The second-order valence-corrected chi connectivity index (χ2v) is 5.61. The van der Waals surface area contributed by atoms with Gasteiger partial charge in [0.25, 0.3) is 0 Å². The molecule has 3 nitrogen and oxygen atoms in total. The zero-order valence-corrected chi connectivity index (χ0v) is 11.7. The van der Waals surface area contributed by atoms with E-state index in [1.165, 1.54) is 12.0 Å². The molecule has 1 aliphatic carbocycles. The molecule has 1 unspecified atom stereocenters. The molecular formula is C16H24N2O. The molecule has 104 valence electrons. The molecule has 3 N–H and O–H groups in total. The van der Waals surface area contributed by atoms with Gasteiger partial charge in [-0.3, -0.25) is 4.79 Å². The number of nitrogens with two attached hydrogens (primary N) is 1. The van der Waals surface area contributed by atoms with Crippen LogP contribution in [0.15, 0.2) is 30.3 Å². The molecule has 1 saturated carbocycles. The molecule has 0 heterocycles. The number of hydrogen-bond donors (Lipinski definition) is 2. The first-order valence-electron chi connectivity index (χ1n) is 7.27. The summed E-state index contributed by atoms with van der Waals surface area (Å²) >= 11 is 0. The van der Waals surface area contributed by atoms with Crippen molar-refractivity contribution in [2.45, 2.75) is 57.0 Å². The lowest BCUT2D eigenvalue weighted by atomic mass is 9.74. The van der Waals surface area contributed by atoms with E-state index < -0.39 is 6.04 Å². The van der Waals surface area contributed by atoms with Gasteiger partial charge >= 0.3 is 0 Å². The third kappa shape index (κ3) is 3.57. The fourth-order valence-corrected chi connectivity index (χ4v) is 2.62. The lowest BCUT2D eigenvalue weighted by Gasteiger charge is -2.42. The van der Waals surface area contributed by atoms with E-state index in [-0.39, 0.29) is 11.4 Å². The highest BCUT2D eigenvalue weighted by atomic mass is 16.2. The van der Waals surface area contributed by atoms with Gasteiger partial charge in [-0.1, -0.05) is 37.3 Å². The van der Waals surface area contributed by atoms with Crippen molar-refractivity contribution in [3.05, 3.63) is 35.9 Å².